The van der Waals surface area contributed by atoms with Gasteiger partial charge in [-0.1, -0.05) is 31.0 Å². The molecule has 1 rings (SSSR count). The lowest BCUT2D eigenvalue weighted by molar-refractivity contribution is 0.481. The molecule has 0 aromatic heterocycles. The molecule has 0 spiro atoms. The van der Waals surface area contributed by atoms with Gasteiger partial charge in [-0.25, -0.2) is 4.39 Å². The zero-order valence-corrected chi connectivity index (χ0v) is 10.7. The van der Waals surface area contributed by atoms with E-state index >= 15 is 0 Å². The van der Waals surface area contributed by atoms with Crippen molar-refractivity contribution in [2.24, 2.45) is 5.84 Å². The molecule has 0 aliphatic carbocycles. The molecule has 0 amide bonds. The molecule has 0 fully saturated rings. The van der Waals surface area contributed by atoms with Crippen molar-refractivity contribution in [2.45, 2.75) is 25.8 Å². The minimum Gasteiger partial charge on any atom is -0.271 e. The van der Waals surface area contributed by atoms with Crippen LogP contribution >= 0.6 is 27.5 Å². The third-order valence-corrected chi connectivity index (χ3v) is 3.48. The minimum absolute atomic E-state index is 0.101. The van der Waals surface area contributed by atoms with Gasteiger partial charge in [0.1, 0.15) is 5.82 Å². The van der Waals surface area contributed by atoms with Gasteiger partial charge >= 0.3 is 0 Å². The van der Waals surface area contributed by atoms with Crippen LogP contribution in [0.25, 0.3) is 0 Å². The molecule has 5 heteroatoms. The van der Waals surface area contributed by atoms with Crippen LogP contribution in [-0.2, 0) is 0 Å². The maximum atomic E-state index is 13.8. The molecule has 0 aliphatic heterocycles. The summed E-state index contributed by atoms with van der Waals surface area (Å²) in [5.41, 5.74) is 3.10. The normalized spacial score (nSPS) is 12.9. The average Bonchev–Trinajstić information content (AvgIpc) is 2.24. The molecule has 1 atom stereocenters. The lowest BCUT2D eigenvalue weighted by Gasteiger charge is -2.17. The van der Waals surface area contributed by atoms with Crippen molar-refractivity contribution >= 4 is 27.5 Å². The summed E-state index contributed by atoms with van der Waals surface area (Å²) in [6.07, 6.45) is 1.69. The quantitative estimate of drug-likeness (QED) is 0.506. The van der Waals surface area contributed by atoms with E-state index in [4.69, 9.17) is 17.4 Å². The molecular formula is C10H13BrClFN2. The molecule has 0 aliphatic rings. The van der Waals surface area contributed by atoms with Gasteiger partial charge in [0.2, 0.25) is 0 Å². The first-order valence-electron chi connectivity index (χ1n) is 4.71. The number of benzene rings is 1. The molecule has 2 nitrogen and oxygen atoms in total. The highest BCUT2D eigenvalue weighted by molar-refractivity contribution is 9.10. The van der Waals surface area contributed by atoms with Crippen LogP contribution in [0, 0.1) is 5.82 Å². The molecule has 3 N–H and O–H groups in total. The van der Waals surface area contributed by atoms with Crippen molar-refractivity contribution in [1.82, 2.24) is 5.43 Å². The first-order valence-corrected chi connectivity index (χ1v) is 5.88. The number of halogens is 3. The van der Waals surface area contributed by atoms with Crippen LogP contribution in [0.4, 0.5) is 4.39 Å². The van der Waals surface area contributed by atoms with Crippen LogP contribution in [0.15, 0.2) is 16.6 Å². The number of nitrogens with one attached hydrogen (secondary N) is 1. The highest BCUT2D eigenvalue weighted by Crippen LogP contribution is 2.31. The largest absolute Gasteiger partial charge is 0.271 e. The predicted octanol–water partition coefficient (Wildman–Crippen LogP) is 3.55. The predicted molar refractivity (Wildman–Crippen MR) is 64.1 cm³/mol. The summed E-state index contributed by atoms with van der Waals surface area (Å²) in [6.45, 7) is 2.02. The van der Waals surface area contributed by atoms with E-state index in [-0.39, 0.29) is 11.1 Å². The van der Waals surface area contributed by atoms with Gasteiger partial charge in [-0.05, 0) is 28.4 Å². The molecule has 0 saturated carbocycles. The van der Waals surface area contributed by atoms with E-state index in [1.807, 2.05) is 6.92 Å². The summed E-state index contributed by atoms with van der Waals surface area (Å²) in [4.78, 5) is 0. The van der Waals surface area contributed by atoms with Gasteiger partial charge in [-0.3, -0.25) is 11.3 Å². The zero-order chi connectivity index (χ0) is 11.4. The van der Waals surface area contributed by atoms with Crippen LogP contribution in [0.5, 0.6) is 0 Å². The van der Waals surface area contributed by atoms with Crippen LogP contribution < -0.4 is 11.3 Å². The van der Waals surface area contributed by atoms with E-state index in [0.29, 0.717) is 10.0 Å². The van der Waals surface area contributed by atoms with Crippen molar-refractivity contribution in [1.29, 1.82) is 0 Å². The molecule has 1 aromatic carbocycles. The van der Waals surface area contributed by atoms with E-state index in [0.717, 1.165) is 12.8 Å². The molecule has 1 aromatic rings. The van der Waals surface area contributed by atoms with Crippen LogP contribution in [0.3, 0.4) is 0 Å². The van der Waals surface area contributed by atoms with Crippen molar-refractivity contribution < 1.29 is 4.39 Å². The lowest BCUT2D eigenvalue weighted by atomic mass is 10.0. The third kappa shape index (κ3) is 2.91. The van der Waals surface area contributed by atoms with Gasteiger partial charge in [0.05, 0.1) is 5.02 Å². The Bertz CT molecular complexity index is 346. The first kappa shape index (κ1) is 12.9. The maximum Gasteiger partial charge on any atom is 0.147 e. The van der Waals surface area contributed by atoms with E-state index in [1.165, 1.54) is 0 Å². The Morgan fingerprint density at radius 1 is 1.60 bits per heavy atom. The molecule has 84 valence electrons. The fourth-order valence-electron chi connectivity index (χ4n) is 1.43. The molecule has 0 bridgehead atoms. The lowest BCUT2D eigenvalue weighted by Crippen LogP contribution is -2.28. The Morgan fingerprint density at radius 3 is 2.80 bits per heavy atom. The second-order valence-electron chi connectivity index (χ2n) is 3.27. The second kappa shape index (κ2) is 5.80. The average molecular weight is 296 g/mol. The topological polar surface area (TPSA) is 38.0 Å². The van der Waals surface area contributed by atoms with Gasteiger partial charge in [-0.15, -0.1) is 0 Å². The van der Waals surface area contributed by atoms with Crippen molar-refractivity contribution in [3.05, 3.63) is 33.0 Å². The summed E-state index contributed by atoms with van der Waals surface area (Å²) in [7, 11) is 0. The van der Waals surface area contributed by atoms with E-state index in [9.17, 15) is 4.39 Å². The van der Waals surface area contributed by atoms with Gasteiger partial charge in [-0.2, -0.15) is 0 Å². The van der Waals surface area contributed by atoms with Crippen molar-refractivity contribution in [3.63, 3.8) is 0 Å². The molecule has 1 unspecified atom stereocenters. The third-order valence-electron chi connectivity index (χ3n) is 2.22. The molecule has 0 radical (unpaired) electrons. The smallest absolute Gasteiger partial charge is 0.147 e. The first-order chi connectivity index (χ1) is 7.11. The standard InChI is InChI=1S/C10H13BrClFN2/c1-2-3-8(15-14)6-4-5-7(11)9(12)10(6)13/h4-5,8,15H,2-3,14H2,1H3. The fourth-order valence-corrected chi connectivity index (χ4v) is 1.91. The van der Waals surface area contributed by atoms with Crippen LogP contribution in [0.2, 0.25) is 5.02 Å². The van der Waals surface area contributed by atoms with Gasteiger partial charge < -0.3 is 0 Å². The summed E-state index contributed by atoms with van der Waals surface area (Å²) >= 11 is 8.96. The Hall–Kier alpha value is -0.160. The van der Waals surface area contributed by atoms with Gasteiger partial charge in [0.15, 0.2) is 0 Å². The Labute approximate surface area is 102 Å². The monoisotopic (exact) mass is 294 g/mol. The molecular weight excluding hydrogens is 282 g/mol. The van der Waals surface area contributed by atoms with E-state index in [1.54, 1.807) is 12.1 Å². The Morgan fingerprint density at radius 2 is 2.27 bits per heavy atom. The Balaban J connectivity index is 3.07. The Kier molecular flexibility index (Phi) is 4.99. The number of hydrazine groups is 1. The highest BCUT2D eigenvalue weighted by atomic mass is 79.9. The molecule has 15 heavy (non-hydrogen) atoms. The van der Waals surface area contributed by atoms with Crippen molar-refractivity contribution in [3.8, 4) is 0 Å². The highest BCUT2D eigenvalue weighted by Gasteiger charge is 2.17. The summed E-state index contributed by atoms with van der Waals surface area (Å²) in [6, 6.07) is 3.22. The van der Waals surface area contributed by atoms with E-state index in [2.05, 4.69) is 21.4 Å². The summed E-state index contributed by atoms with van der Waals surface area (Å²) in [5, 5.41) is 0.101. The zero-order valence-electron chi connectivity index (χ0n) is 8.36. The number of hydrogen-bond donors (Lipinski definition) is 2. The number of nitrogens with two attached hydrogens (primary N) is 1. The van der Waals surface area contributed by atoms with Crippen LogP contribution in [0.1, 0.15) is 31.4 Å². The SMILES string of the molecule is CCCC(NN)c1ccc(Br)c(Cl)c1F. The maximum absolute atomic E-state index is 13.8. The van der Waals surface area contributed by atoms with Crippen molar-refractivity contribution in [2.75, 3.05) is 0 Å². The van der Waals surface area contributed by atoms with Crippen LogP contribution in [-0.4, -0.2) is 0 Å². The molecule has 0 saturated heterocycles. The molecule has 0 heterocycles. The number of rotatable bonds is 4. The fraction of sp³-hybridized carbons (Fsp3) is 0.400. The summed E-state index contributed by atoms with van der Waals surface area (Å²) in [5.74, 6) is 4.96. The minimum atomic E-state index is -0.414. The summed E-state index contributed by atoms with van der Waals surface area (Å²) < 4.78 is 14.3. The van der Waals surface area contributed by atoms with Gasteiger partial charge in [0, 0.05) is 16.1 Å². The number of hydrogen-bond acceptors (Lipinski definition) is 2. The van der Waals surface area contributed by atoms with E-state index < -0.39 is 5.82 Å². The second-order valence-corrected chi connectivity index (χ2v) is 4.50. The van der Waals surface area contributed by atoms with Gasteiger partial charge in [0.25, 0.3) is 0 Å².